The summed E-state index contributed by atoms with van der Waals surface area (Å²) in [5.41, 5.74) is 0. The first-order valence-corrected chi connectivity index (χ1v) is 15.2. The number of rotatable bonds is 8. The summed E-state index contributed by atoms with van der Waals surface area (Å²) < 4.78 is 0. The fourth-order valence-electron chi connectivity index (χ4n) is 1.64. The zero-order valence-electron chi connectivity index (χ0n) is 19.7. The first-order chi connectivity index (χ1) is 12.3. The molecule has 0 amide bonds. The van der Waals surface area contributed by atoms with Crippen LogP contribution in [-0.4, -0.2) is 29.4 Å². The Morgan fingerprint density at radius 3 is 0.828 bits per heavy atom. The van der Waals surface area contributed by atoms with Gasteiger partial charge in [0.05, 0.1) is 0 Å². The first kappa shape index (κ1) is 41.0. The molecule has 0 rings (SSSR count). The fourth-order valence-corrected chi connectivity index (χ4v) is 1.64. The van der Waals surface area contributed by atoms with E-state index in [1.807, 2.05) is 0 Å². The Balaban J connectivity index is -0.0000000907. The third-order valence-electron chi connectivity index (χ3n) is 3.87. The van der Waals surface area contributed by atoms with E-state index in [0.29, 0.717) is 0 Å². The third-order valence-corrected chi connectivity index (χ3v) is 3.87. The summed E-state index contributed by atoms with van der Waals surface area (Å²) in [6.07, 6.45) is 8.30. The van der Waals surface area contributed by atoms with E-state index in [0.717, 1.165) is 23.7 Å². The summed E-state index contributed by atoms with van der Waals surface area (Å²) in [6.45, 7) is 10.8. The van der Waals surface area contributed by atoms with Crippen molar-refractivity contribution in [2.45, 2.75) is 93.9 Å². The molecule has 11 heteroatoms. The van der Waals surface area contributed by atoms with Gasteiger partial charge in [-0.1, -0.05) is 93.9 Å². The van der Waals surface area contributed by atoms with Gasteiger partial charge in [-0.2, -0.15) is 0 Å². The Labute approximate surface area is 202 Å². The third kappa shape index (κ3) is 92.5. The molecule has 0 saturated carbocycles. The second-order valence-electron chi connectivity index (χ2n) is 8.00. The van der Waals surface area contributed by atoms with Crippen LogP contribution in [0, 0.1) is 23.7 Å². The minimum atomic E-state index is -3.81. The summed E-state index contributed by atoms with van der Waals surface area (Å²) in [5.74, 6) is 3.65. The van der Waals surface area contributed by atoms with Gasteiger partial charge in [0.1, 0.15) is 0 Å². The minimum absolute atomic E-state index is 0. The maximum Gasteiger partial charge on any atom is 0.319 e. The van der Waals surface area contributed by atoms with E-state index in [4.69, 9.17) is 29.4 Å². The molecule has 6 nitrogen and oxygen atoms in total. The minimum Gasteiger partial charge on any atom is -0.325 e. The normalized spacial score (nSPS) is 13.0. The van der Waals surface area contributed by atoms with Crippen LogP contribution in [0.1, 0.15) is 93.9 Å². The average molecular weight is 550 g/mol. The smallest absolute Gasteiger partial charge is 0.319 e. The van der Waals surface area contributed by atoms with Crippen molar-refractivity contribution in [3.8, 4) is 0 Å². The number of hydrogen-bond acceptors (Lipinski definition) is 2. The van der Waals surface area contributed by atoms with Gasteiger partial charge in [0.25, 0.3) is 0 Å². The van der Waals surface area contributed by atoms with E-state index in [-0.39, 0.29) is 19.5 Å². The van der Waals surface area contributed by atoms with E-state index in [1.165, 1.54) is 38.5 Å². The van der Waals surface area contributed by atoms with Gasteiger partial charge >= 0.3 is 13.4 Å². The largest absolute Gasteiger partial charge is 0.325 e. The summed E-state index contributed by atoms with van der Waals surface area (Å²) in [5, 5.41) is 0. The van der Waals surface area contributed by atoms with Gasteiger partial charge in [-0.15, -0.1) is 0 Å². The van der Waals surface area contributed by atoms with Crippen molar-refractivity contribution in [3.63, 3.8) is 0 Å². The van der Waals surface area contributed by atoms with Gasteiger partial charge < -0.3 is 29.4 Å². The van der Waals surface area contributed by atoms with Gasteiger partial charge in [0.15, 0.2) is 0 Å². The average Bonchev–Trinajstić information content (AvgIpc) is 2.47. The molecule has 0 aromatic carbocycles. The number of hydrogen-bond donors (Lipinski definition) is 6. The second-order valence-corrected chi connectivity index (χ2v) is 13.0. The van der Waals surface area contributed by atoms with Crippen molar-refractivity contribution in [1.82, 2.24) is 0 Å². The monoisotopic (exact) mass is 548 g/mol. The summed E-state index contributed by atoms with van der Waals surface area (Å²) in [7, 11) is 0. The molecule has 0 aromatic heterocycles. The maximum absolute atomic E-state index is 7.56. The van der Waals surface area contributed by atoms with E-state index < -0.39 is 13.4 Å². The van der Waals surface area contributed by atoms with Crippen molar-refractivity contribution < 1.29 is 48.8 Å². The molecule has 0 aliphatic rings. The molecular formula is C18H46O6P2S2Zn. The standard InChI is InChI=1S/2C9H20.2H3O3PS.Zn/c2*1-5-9(4)7-6-8(2)3;2*1-4(2,3)5;/h2*8-9H,5-7H2,1-4H3;2*(H3,1,2,3,5);. The van der Waals surface area contributed by atoms with Crippen molar-refractivity contribution >= 4 is 37.1 Å². The molecule has 0 aliphatic carbocycles. The fraction of sp³-hybridized carbons (Fsp3) is 1.00. The quantitative estimate of drug-likeness (QED) is 0.178. The molecule has 0 fully saturated rings. The van der Waals surface area contributed by atoms with Crippen molar-refractivity contribution in [3.05, 3.63) is 0 Å². The molecule has 0 aliphatic heterocycles. The topological polar surface area (TPSA) is 121 Å². The van der Waals surface area contributed by atoms with Gasteiger partial charge in [0, 0.05) is 19.5 Å². The van der Waals surface area contributed by atoms with Gasteiger partial charge in [-0.05, 0) is 47.3 Å². The Morgan fingerprint density at radius 1 is 0.552 bits per heavy atom. The van der Waals surface area contributed by atoms with Crippen LogP contribution >= 0.6 is 13.4 Å². The first-order valence-electron chi connectivity index (χ1n) is 9.89. The second kappa shape index (κ2) is 24.3. The molecule has 178 valence electrons. The Kier molecular flexibility index (Phi) is 34.4. The maximum atomic E-state index is 7.56. The van der Waals surface area contributed by atoms with Gasteiger partial charge in [0.2, 0.25) is 0 Å². The molecule has 29 heavy (non-hydrogen) atoms. The van der Waals surface area contributed by atoms with Crippen LogP contribution in [-0.2, 0) is 43.1 Å². The summed E-state index contributed by atoms with van der Waals surface area (Å²) >= 11 is 7.21. The Bertz CT molecular complexity index is 363. The van der Waals surface area contributed by atoms with Gasteiger partial charge in [-0.25, -0.2) is 0 Å². The predicted octanol–water partition coefficient (Wildman–Crippen LogP) is 5.31. The Morgan fingerprint density at radius 2 is 0.724 bits per heavy atom. The zero-order valence-corrected chi connectivity index (χ0v) is 26.0. The summed E-state index contributed by atoms with van der Waals surface area (Å²) in [6, 6.07) is 0. The van der Waals surface area contributed by atoms with Crippen LogP contribution in [0.4, 0.5) is 0 Å². The molecule has 0 spiro atoms. The van der Waals surface area contributed by atoms with Crippen LogP contribution < -0.4 is 0 Å². The zero-order chi connectivity index (χ0) is 23.6. The summed E-state index contributed by atoms with van der Waals surface area (Å²) in [4.78, 5) is 45.3. The van der Waals surface area contributed by atoms with Crippen LogP contribution in [0.15, 0.2) is 0 Å². The van der Waals surface area contributed by atoms with Crippen molar-refractivity contribution in [2.24, 2.45) is 23.7 Å². The molecule has 0 heterocycles. The Hall–Kier alpha value is 1.68. The van der Waals surface area contributed by atoms with Crippen molar-refractivity contribution in [2.75, 3.05) is 0 Å². The molecule has 2 unspecified atom stereocenters. The van der Waals surface area contributed by atoms with Crippen LogP contribution in [0.25, 0.3) is 0 Å². The SMILES string of the molecule is CCC(C)CCC(C)C.CCC(C)CCC(C)C.OP(O)(O)=S.OP(O)(O)=S.[Zn]. The molecule has 0 radical (unpaired) electrons. The molecular weight excluding hydrogens is 504 g/mol. The van der Waals surface area contributed by atoms with E-state index in [9.17, 15) is 0 Å². The molecule has 0 bridgehead atoms. The van der Waals surface area contributed by atoms with E-state index in [2.05, 4.69) is 79.0 Å². The molecule has 6 N–H and O–H groups in total. The predicted molar refractivity (Wildman–Crippen MR) is 129 cm³/mol. The molecule has 2 atom stereocenters. The van der Waals surface area contributed by atoms with Crippen LogP contribution in [0.3, 0.4) is 0 Å². The van der Waals surface area contributed by atoms with E-state index in [1.54, 1.807) is 0 Å². The van der Waals surface area contributed by atoms with Crippen LogP contribution in [0.5, 0.6) is 0 Å². The van der Waals surface area contributed by atoms with Crippen LogP contribution in [0.2, 0.25) is 0 Å². The molecule has 0 saturated heterocycles. The van der Waals surface area contributed by atoms with E-state index >= 15 is 0 Å². The van der Waals surface area contributed by atoms with Crippen molar-refractivity contribution in [1.29, 1.82) is 0 Å². The molecule has 0 aromatic rings. The van der Waals surface area contributed by atoms with Gasteiger partial charge in [-0.3, -0.25) is 0 Å².